The number of hydrogen-bond donors (Lipinski definition) is 0. The van der Waals surface area contributed by atoms with Gasteiger partial charge in [-0.15, -0.1) is 5.10 Å². The molecule has 0 radical (unpaired) electrons. The van der Waals surface area contributed by atoms with Gasteiger partial charge < -0.3 is 9.47 Å². The van der Waals surface area contributed by atoms with Crippen molar-refractivity contribution in [2.24, 2.45) is 0 Å². The summed E-state index contributed by atoms with van der Waals surface area (Å²) >= 11 is 0. The van der Waals surface area contributed by atoms with E-state index in [0.717, 1.165) is 5.88 Å². The first kappa shape index (κ1) is 7.38. The van der Waals surface area contributed by atoms with Crippen molar-refractivity contribution in [1.29, 1.82) is 0 Å². The van der Waals surface area contributed by atoms with Crippen molar-refractivity contribution < 1.29 is 9.47 Å². The summed E-state index contributed by atoms with van der Waals surface area (Å²) in [5.74, 6) is 0.736. The fourth-order valence-corrected chi connectivity index (χ4v) is 1.38. The maximum Gasteiger partial charge on any atom is 0.233 e. The molecule has 1 saturated carbocycles. The fourth-order valence-electron chi connectivity index (χ4n) is 1.38. The van der Waals surface area contributed by atoms with Crippen LogP contribution in [-0.2, 0) is 4.74 Å². The molecule has 0 unspecified atom stereocenters. The second kappa shape index (κ2) is 2.73. The first-order chi connectivity index (χ1) is 6.42. The summed E-state index contributed by atoms with van der Waals surface area (Å²) < 4.78 is 12.6. The van der Waals surface area contributed by atoms with Crippen LogP contribution >= 0.6 is 0 Å². The minimum absolute atomic E-state index is 0.225. The second-order valence-electron chi connectivity index (χ2n) is 3.64. The standard InChI is InChI=1S/C9H12N2O2/c1-2-7(1)11-4-3-9(10-11)13-8-5-12-6-8/h3-4,7-8H,1-2,5-6H2. The van der Waals surface area contributed by atoms with Gasteiger partial charge in [-0.05, 0) is 12.8 Å². The molecular formula is C9H12N2O2. The Morgan fingerprint density at radius 3 is 2.92 bits per heavy atom. The lowest BCUT2D eigenvalue weighted by atomic mass is 10.3. The maximum atomic E-state index is 5.55. The molecule has 1 aliphatic carbocycles. The van der Waals surface area contributed by atoms with Gasteiger partial charge in [-0.3, -0.25) is 4.68 Å². The quantitative estimate of drug-likeness (QED) is 0.696. The van der Waals surface area contributed by atoms with Crippen molar-refractivity contribution >= 4 is 0 Å². The minimum Gasteiger partial charge on any atom is -0.468 e. The predicted octanol–water partition coefficient (Wildman–Crippen LogP) is 0.996. The van der Waals surface area contributed by atoms with E-state index in [9.17, 15) is 0 Å². The molecule has 13 heavy (non-hydrogen) atoms. The van der Waals surface area contributed by atoms with Crippen LogP contribution in [0.15, 0.2) is 12.3 Å². The highest BCUT2D eigenvalue weighted by Crippen LogP contribution is 2.34. The second-order valence-corrected chi connectivity index (χ2v) is 3.64. The Balaban J connectivity index is 1.66. The Labute approximate surface area is 76.4 Å². The van der Waals surface area contributed by atoms with Crippen LogP contribution in [0, 0.1) is 0 Å². The van der Waals surface area contributed by atoms with Crippen LogP contribution in [0.3, 0.4) is 0 Å². The van der Waals surface area contributed by atoms with Gasteiger partial charge in [-0.2, -0.15) is 0 Å². The van der Waals surface area contributed by atoms with E-state index in [-0.39, 0.29) is 6.10 Å². The van der Waals surface area contributed by atoms with E-state index in [1.165, 1.54) is 12.8 Å². The molecule has 0 atom stereocenters. The molecule has 2 heterocycles. The lowest BCUT2D eigenvalue weighted by Crippen LogP contribution is -2.38. The van der Waals surface area contributed by atoms with Gasteiger partial charge in [0.1, 0.15) is 6.10 Å². The van der Waals surface area contributed by atoms with E-state index in [0.29, 0.717) is 19.3 Å². The monoisotopic (exact) mass is 180 g/mol. The molecule has 2 aliphatic rings. The van der Waals surface area contributed by atoms with E-state index in [4.69, 9.17) is 9.47 Å². The molecule has 0 amide bonds. The van der Waals surface area contributed by atoms with Gasteiger partial charge in [0, 0.05) is 12.3 Å². The summed E-state index contributed by atoms with van der Waals surface area (Å²) in [6.07, 6.45) is 4.73. The molecule has 1 aromatic rings. The minimum atomic E-state index is 0.225. The third-order valence-corrected chi connectivity index (χ3v) is 2.40. The smallest absolute Gasteiger partial charge is 0.233 e. The largest absolute Gasteiger partial charge is 0.468 e. The molecule has 4 nitrogen and oxygen atoms in total. The summed E-state index contributed by atoms with van der Waals surface area (Å²) in [5, 5.41) is 4.33. The summed E-state index contributed by atoms with van der Waals surface area (Å²) in [6.45, 7) is 1.41. The van der Waals surface area contributed by atoms with Crippen molar-refractivity contribution in [1.82, 2.24) is 9.78 Å². The molecule has 3 rings (SSSR count). The van der Waals surface area contributed by atoms with Gasteiger partial charge in [-0.1, -0.05) is 0 Å². The highest BCUT2D eigenvalue weighted by Gasteiger charge is 2.25. The van der Waals surface area contributed by atoms with Crippen LogP contribution in [0.2, 0.25) is 0 Å². The Morgan fingerprint density at radius 2 is 2.31 bits per heavy atom. The third kappa shape index (κ3) is 1.42. The van der Waals surface area contributed by atoms with Crippen molar-refractivity contribution in [2.45, 2.75) is 25.0 Å². The van der Waals surface area contributed by atoms with Gasteiger partial charge in [0.05, 0.1) is 19.3 Å². The molecule has 2 fully saturated rings. The van der Waals surface area contributed by atoms with Crippen molar-refractivity contribution in [3.63, 3.8) is 0 Å². The topological polar surface area (TPSA) is 36.3 Å². The molecule has 0 bridgehead atoms. The van der Waals surface area contributed by atoms with Crippen molar-refractivity contribution in [3.05, 3.63) is 12.3 Å². The van der Waals surface area contributed by atoms with Gasteiger partial charge in [0.25, 0.3) is 0 Å². The van der Waals surface area contributed by atoms with Gasteiger partial charge in [0.15, 0.2) is 0 Å². The van der Waals surface area contributed by atoms with Crippen LogP contribution in [-0.4, -0.2) is 29.1 Å². The highest BCUT2D eigenvalue weighted by atomic mass is 16.6. The molecule has 1 aliphatic heterocycles. The summed E-state index contributed by atoms with van der Waals surface area (Å²) in [4.78, 5) is 0. The Morgan fingerprint density at radius 1 is 1.46 bits per heavy atom. The summed E-state index contributed by atoms with van der Waals surface area (Å²) in [5.41, 5.74) is 0. The predicted molar refractivity (Wildman–Crippen MR) is 45.7 cm³/mol. The Kier molecular flexibility index (Phi) is 1.55. The molecule has 0 N–H and O–H groups in total. The van der Waals surface area contributed by atoms with Gasteiger partial charge >= 0.3 is 0 Å². The molecule has 4 heteroatoms. The van der Waals surface area contributed by atoms with Crippen LogP contribution < -0.4 is 4.74 Å². The summed E-state index contributed by atoms with van der Waals surface area (Å²) in [7, 11) is 0. The first-order valence-corrected chi connectivity index (χ1v) is 4.71. The maximum absolute atomic E-state index is 5.55. The third-order valence-electron chi connectivity index (χ3n) is 2.40. The number of rotatable bonds is 3. The SMILES string of the molecule is c1cn(C2CC2)nc1OC1COC1. The highest BCUT2D eigenvalue weighted by molar-refractivity contribution is 5.08. The number of hydrogen-bond acceptors (Lipinski definition) is 3. The number of aromatic nitrogens is 2. The number of nitrogens with zero attached hydrogens (tertiary/aromatic N) is 2. The first-order valence-electron chi connectivity index (χ1n) is 4.71. The molecule has 1 aromatic heterocycles. The van der Waals surface area contributed by atoms with E-state index < -0.39 is 0 Å². The normalized spacial score (nSPS) is 22.8. The summed E-state index contributed by atoms with van der Waals surface area (Å²) in [6, 6.07) is 2.56. The number of ether oxygens (including phenoxy) is 2. The van der Waals surface area contributed by atoms with Crippen LogP contribution in [0.4, 0.5) is 0 Å². The van der Waals surface area contributed by atoms with E-state index in [2.05, 4.69) is 5.10 Å². The zero-order valence-electron chi connectivity index (χ0n) is 7.35. The Hall–Kier alpha value is -1.03. The lowest BCUT2D eigenvalue weighted by Gasteiger charge is -2.25. The Bertz CT molecular complexity index is 302. The van der Waals surface area contributed by atoms with E-state index in [1.54, 1.807) is 0 Å². The van der Waals surface area contributed by atoms with Crippen molar-refractivity contribution in [3.8, 4) is 5.88 Å². The van der Waals surface area contributed by atoms with E-state index in [1.807, 2.05) is 16.9 Å². The molecule has 0 aromatic carbocycles. The van der Waals surface area contributed by atoms with Gasteiger partial charge in [-0.25, -0.2) is 0 Å². The molecule has 0 spiro atoms. The average Bonchev–Trinajstić information content (AvgIpc) is 2.80. The molecule has 1 saturated heterocycles. The van der Waals surface area contributed by atoms with E-state index >= 15 is 0 Å². The van der Waals surface area contributed by atoms with Crippen LogP contribution in [0.5, 0.6) is 5.88 Å². The van der Waals surface area contributed by atoms with Crippen LogP contribution in [0.25, 0.3) is 0 Å². The van der Waals surface area contributed by atoms with Crippen LogP contribution in [0.1, 0.15) is 18.9 Å². The molecular weight excluding hydrogens is 168 g/mol. The zero-order chi connectivity index (χ0) is 8.67. The average molecular weight is 180 g/mol. The zero-order valence-corrected chi connectivity index (χ0v) is 7.35. The fraction of sp³-hybridized carbons (Fsp3) is 0.667. The van der Waals surface area contributed by atoms with Crippen molar-refractivity contribution in [2.75, 3.05) is 13.2 Å². The van der Waals surface area contributed by atoms with Gasteiger partial charge in [0.2, 0.25) is 5.88 Å². The molecule has 70 valence electrons. The lowest BCUT2D eigenvalue weighted by molar-refractivity contribution is -0.0815.